The number of sulfonamides is 1. The largest absolute Gasteiger partial charge is 0.393 e. The lowest BCUT2D eigenvalue weighted by Crippen LogP contribution is -2.47. The molecule has 20 heavy (non-hydrogen) atoms. The Morgan fingerprint density at radius 2 is 1.85 bits per heavy atom. The first kappa shape index (κ1) is 14.4. The number of rotatable bonds is 2. The van der Waals surface area contributed by atoms with Crippen LogP contribution >= 0.6 is 15.9 Å². The van der Waals surface area contributed by atoms with Gasteiger partial charge >= 0.3 is 0 Å². The Morgan fingerprint density at radius 1 is 1.25 bits per heavy atom. The summed E-state index contributed by atoms with van der Waals surface area (Å²) in [4.78, 5) is -0.0218. The van der Waals surface area contributed by atoms with Gasteiger partial charge in [0.2, 0.25) is 10.0 Å². The molecule has 2 bridgehead atoms. The van der Waals surface area contributed by atoms with E-state index in [2.05, 4.69) is 15.9 Å². The fraction of sp³-hybridized carbons (Fsp3) is 0.538. The number of nitrogens with zero attached hydrogens (tertiary/aromatic N) is 1. The molecule has 2 aliphatic rings. The topological polar surface area (TPSA) is 57.6 Å². The summed E-state index contributed by atoms with van der Waals surface area (Å²) in [6, 6.07) is 3.53. The molecule has 0 aliphatic carbocycles. The van der Waals surface area contributed by atoms with E-state index in [1.54, 1.807) is 0 Å². The Hall–Kier alpha value is -0.500. The maximum atomic E-state index is 13.6. The fourth-order valence-corrected chi connectivity index (χ4v) is 5.41. The van der Waals surface area contributed by atoms with E-state index >= 15 is 0 Å². The number of hydrogen-bond acceptors (Lipinski definition) is 3. The normalized spacial score (nSPS) is 30.6. The second-order valence-electron chi connectivity index (χ2n) is 5.42. The third-order valence-corrected chi connectivity index (χ3v) is 6.75. The molecule has 1 aromatic carbocycles. The van der Waals surface area contributed by atoms with Gasteiger partial charge in [0.25, 0.3) is 0 Å². The van der Waals surface area contributed by atoms with Crippen molar-refractivity contribution in [3.05, 3.63) is 28.5 Å². The molecule has 0 aromatic heterocycles. The molecule has 0 saturated carbocycles. The number of aliphatic hydroxyl groups is 1. The maximum absolute atomic E-state index is 13.6. The second kappa shape index (κ2) is 5.05. The molecule has 2 atom stereocenters. The highest BCUT2D eigenvalue weighted by molar-refractivity contribution is 9.10. The Kier molecular flexibility index (Phi) is 3.64. The molecule has 1 aromatic rings. The van der Waals surface area contributed by atoms with Crippen LogP contribution in [0.5, 0.6) is 0 Å². The Labute approximate surface area is 125 Å². The van der Waals surface area contributed by atoms with Crippen LogP contribution in [0.2, 0.25) is 0 Å². The van der Waals surface area contributed by atoms with Gasteiger partial charge in [0.15, 0.2) is 0 Å². The van der Waals surface area contributed by atoms with E-state index in [9.17, 15) is 17.9 Å². The zero-order valence-corrected chi connectivity index (χ0v) is 13.1. The van der Waals surface area contributed by atoms with E-state index < -0.39 is 21.9 Å². The number of hydrogen-bond donors (Lipinski definition) is 1. The molecule has 2 heterocycles. The van der Waals surface area contributed by atoms with Crippen LogP contribution in [0.1, 0.15) is 25.7 Å². The monoisotopic (exact) mass is 363 g/mol. The van der Waals surface area contributed by atoms with Crippen molar-refractivity contribution in [1.29, 1.82) is 0 Å². The van der Waals surface area contributed by atoms with Crippen molar-refractivity contribution >= 4 is 26.0 Å². The van der Waals surface area contributed by atoms with Gasteiger partial charge in [-0.1, -0.05) is 0 Å². The number of piperidine rings is 1. The smallest absolute Gasteiger partial charge is 0.243 e. The predicted octanol–water partition coefficient (Wildman–Crippen LogP) is 2.26. The SMILES string of the molecule is O=S(=O)(c1ccc(Br)c(F)c1)N1C2CCC1CC(O)C2. The minimum atomic E-state index is -3.70. The summed E-state index contributed by atoms with van der Waals surface area (Å²) in [6.45, 7) is 0. The van der Waals surface area contributed by atoms with Crippen LogP contribution < -0.4 is 0 Å². The number of aliphatic hydroxyl groups excluding tert-OH is 1. The van der Waals surface area contributed by atoms with Crippen LogP contribution in [-0.2, 0) is 10.0 Å². The number of halogens is 2. The lowest BCUT2D eigenvalue weighted by molar-refractivity contribution is 0.0768. The van der Waals surface area contributed by atoms with Gasteiger partial charge in [0.1, 0.15) is 5.82 Å². The Morgan fingerprint density at radius 3 is 2.40 bits per heavy atom. The van der Waals surface area contributed by atoms with Crippen molar-refractivity contribution in [2.24, 2.45) is 0 Å². The fourth-order valence-electron chi connectivity index (χ4n) is 3.26. The van der Waals surface area contributed by atoms with E-state index in [4.69, 9.17) is 0 Å². The summed E-state index contributed by atoms with van der Waals surface area (Å²) in [5, 5.41) is 9.74. The number of benzene rings is 1. The third-order valence-electron chi connectivity index (χ3n) is 4.11. The van der Waals surface area contributed by atoms with Crippen molar-refractivity contribution in [3.63, 3.8) is 0 Å². The molecule has 2 saturated heterocycles. The first-order valence-electron chi connectivity index (χ1n) is 6.56. The molecule has 0 spiro atoms. The van der Waals surface area contributed by atoms with Crippen molar-refractivity contribution in [1.82, 2.24) is 4.31 Å². The van der Waals surface area contributed by atoms with Crippen molar-refractivity contribution in [3.8, 4) is 0 Å². The van der Waals surface area contributed by atoms with Gasteiger partial charge in [-0.15, -0.1) is 0 Å². The van der Waals surface area contributed by atoms with Crippen molar-refractivity contribution in [2.45, 2.75) is 48.8 Å². The van der Waals surface area contributed by atoms with Gasteiger partial charge in [-0.2, -0.15) is 4.31 Å². The zero-order chi connectivity index (χ0) is 14.5. The van der Waals surface area contributed by atoms with Gasteiger partial charge in [0.05, 0.1) is 15.5 Å². The third kappa shape index (κ3) is 2.30. The lowest BCUT2D eigenvalue weighted by atomic mass is 10.0. The van der Waals surface area contributed by atoms with Crippen LogP contribution in [-0.4, -0.2) is 36.0 Å². The second-order valence-corrected chi connectivity index (χ2v) is 8.12. The summed E-state index contributed by atoms with van der Waals surface area (Å²) in [6.07, 6.45) is 2.03. The van der Waals surface area contributed by atoms with Gasteiger partial charge in [0, 0.05) is 12.1 Å². The lowest BCUT2D eigenvalue weighted by Gasteiger charge is -2.36. The molecular weight excluding hydrogens is 349 g/mol. The molecule has 4 nitrogen and oxygen atoms in total. The van der Waals surface area contributed by atoms with Crippen LogP contribution in [0, 0.1) is 5.82 Å². The molecule has 2 unspecified atom stereocenters. The molecule has 1 N–H and O–H groups in total. The van der Waals surface area contributed by atoms with Crippen LogP contribution in [0.25, 0.3) is 0 Å². The van der Waals surface area contributed by atoms with Crippen LogP contribution in [0.4, 0.5) is 4.39 Å². The van der Waals surface area contributed by atoms with Crippen LogP contribution in [0.15, 0.2) is 27.6 Å². The summed E-state index contributed by atoms with van der Waals surface area (Å²) < 4.78 is 40.7. The number of fused-ring (bicyclic) bond motifs is 2. The highest BCUT2D eigenvalue weighted by atomic mass is 79.9. The highest BCUT2D eigenvalue weighted by Gasteiger charge is 2.46. The molecule has 0 amide bonds. The molecule has 3 rings (SSSR count). The first-order chi connectivity index (χ1) is 9.39. The van der Waals surface area contributed by atoms with E-state index in [0.717, 1.165) is 18.9 Å². The quantitative estimate of drug-likeness (QED) is 0.876. The average molecular weight is 364 g/mol. The van der Waals surface area contributed by atoms with Gasteiger partial charge in [-0.3, -0.25) is 0 Å². The van der Waals surface area contributed by atoms with Gasteiger partial charge in [-0.05, 0) is 59.8 Å². The van der Waals surface area contributed by atoms with Crippen molar-refractivity contribution < 1.29 is 17.9 Å². The first-order valence-corrected chi connectivity index (χ1v) is 8.79. The Bertz CT molecular complexity index is 623. The van der Waals surface area contributed by atoms with Gasteiger partial charge in [-0.25, -0.2) is 12.8 Å². The molecular formula is C13H15BrFNO3S. The minimum Gasteiger partial charge on any atom is -0.393 e. The molecule has 2 aliphatic heterocycles. The molecule has 7 heteroatoms. The molecule has 2 fully saturated rings. The van der Waals surface area contributed by atoms with E-state index in [1.165, 1.54) is 16.4 Å². The predicted molar refractivity (Wildman–Crippen MR) is 75.2 cm³/mol. The summed E-state index contributed by atoms with van der Waals surface area (Å²) >= 11 is 3.02. The van der Waals surface area contributed by atoms with E-state index in [-0.39, 0.29) is 21.5 Å². The standard InChI is InChI=1S/C13H15BrFNO3S/c14-12-4-3-11(7-13(12)15)20(18,19)16-8-1-2-9(16)6-10(17)5-8/h3-4,7-10,17H,1-2,5-6H2. The van der Waals surface area contributed by atoms with E-state index in [1.807, 2.05) is 0 Å². The maximum Gasteiger partial charge on any atom is 0.243 e. The molecule has 0 radical (unpaired) electrons. The van der Waals surface area contributed by atoms with Crippen LogP contribution in [0.3, 0.4) is 0 Å². The summed E-state index contributed by atoms with van der Waals surface area (Å²) in [5.41, 5.74) is 0. The Balaban J connectivity index is 1.98. The summed E-state index contributed by atoms with van der Waals surface area (Å²) in [5.74, 6) is -0.588. The minimum absolute atomic E-state index is 0.0218. The molecule has 110 valence electrons. The average Bonchev–Trinajstić information content (AvgIpc) is 2.66. The van der Waals surface area contributed by atoms with E-state index in [0.29, 0.717) is 12.8 Å². The summed E-state index contributed by atoms with van der Waals surface area (Å²) in [7, 11) is -3.70. The van der Waals surface area contributed by atoms with Crippen molar-refractivity contribution in [2.75, 3.05) is 0 Å². The zero-order valence-electron chi connectivity index (χ0n) is 10.7. The highest BCUT2D eigenvalue weighted by Crippen LogP contribution is 2.40. The van der Waals surface area contributed by atoms with Gasteiger partial charge < -0.3 is 5.11 Å².